The maximum Gasteiger partial charge on any atom is 0.331 e. The first-order chi connectivity index (χ1) is 11.5. The molecule has 0 fully saturated rings. The normalized spacial score (nSPS) is 10.6. The number of nitrogens with zero attached hydrogens (tertiary/aromatic N) is 1. The molecule has 0 spiro atoms. The number of amides is 2. The second kappa shape index (κ2) is 7.02. The highest BCUT2D eigenvalue weighted by Gasteiger charge is 2.11. The van der Waals surface area contributed by atoms with Gasteiger partial charge in [-0.15, -0.1) is 0 Å². The quantitative estimate of drug-likeness (QED) is 0.661. The van der Waals surface area contributed by atoms with Crippen molar-refractivity contribution in [2.75, 3.05) is 5.32 Å². The molecule has 0 saturated heterocycles. The molecule has 0 aliphatic carbocycles. The van der Waals surface area contributed by atoms with Crippen LogP contribution in [-0.2, 0) is 0 Å². The smallest absolute Gasteiger partial charge is 0.283 e. The summed E-state index contributed by atoms with van der Waals surface area (Å²) >= 11 is 2.14. The summed E-state index contributed by atoms with van der Waals surface area (Å²) < 4.78 is 3.49. The number of hydrogen-bond donors (Lipinski definition) is 2. The molecule has 2 aromatic carbocycles. The molecular weight excluding hydrogens is 342 g/mol. The molecule has 5 nitrogen and oxygen atoms in total. The van der Waals surface area contributed by atoms with E-state index in [1.807, 2.05) is 44.2 Å². The van der Waals surface area contributed by atoms with Crippen LogP contribution in [0.15, 0.2) is 42.5 Å². The minimum Gasteiger partial charge on any atom is -0.283 e. The molecule has 0 radical (unpaired) electrons. The molecule has 1 heterocycles. The SMILES string of the molecule is Cc1ccc(C(=O)SNC(=O)Nc2nc3ccc(C)cc3s2)cc1. The molecule has 122 valence electrons. The van der Waals surface area contributed by atoms with Gasteiger partial charge in [0.25, 0.3) is 0 Å². The molecule has 2 N–H and O–H groups in total. The van der Waals surface area contributed by atoms with Crippen molar-refractivity contribution in [2.24, 2.45) is 0 Å². The number of rotatable bonds is 2. The molecule has 24 heavy (non-hydrogen) atoms. The van der Waals surface area contributed by atoms with Crippen LogP contribution in [0, 0.1) is 13.8 Å². The fourth-order valence-electron chi connectivity index (χ4n) is 2.05. The molecule has 0 atom stereocenters. The fourth-order valence-corrected chi connectivity index (χ4v) is 3.50. The summed E-state index contributed by atoms with van der Waals surface area (Å²) in [6.07, 6.45) is 0. The Balaban J connectivity index is 1.58. The number of nitrogens with one attached hydrogen (secondary N) is 2. The lowest BCUT2D eigenvalue weighted by Gasteiger charge is -2.04. The van der Waals surface area contributed by atoms with Crippen molar-refractivity contribution in [3.63, 3.8) is 0 Å². The van der Waals surface area contributed by atoms with E-state index in [-0.39, 0.29) is 5.12 Å². The number of benzene rings is 2. The van der Waals surface area contributed by atoms with Gasteiger partial charge in [-0.05, 0) is 31.5 Å². The van der Waals surface area contributed by atoms with Crippen molar-refractivity contribution in [3.05, 3.63) is 59.2 Å². The van der Waals surface area contributed by atoms with Crippen LogP contribution >= 0.6 is 23.3 Å². The van der Waals surface area contributed by atoms with Crippen molar-refractivity contribution in [3.8, 4) is 0 Å². The zero-order valence-corrected chi connectivity index (χ0v) is 14.8. The van der Waals surface area contributed by atoms with Crippen LogP contribution in [0.1, 0.15) is 21.5 Å². The molecule has 0 unspecified atom stereocenters. The highest BCUT2D eigenvalue weighted by atomic mass is 32.2. The van der Waals surface area contributed by atoms with Gasteiger partial charge in [-0.2, -0.15) is 0 Å². The summed E-state index contributed by atoms with van der Waals surface area (Å²) in [4.78, 5) is 28.3. The van der Waals surface area contributed by atoms with Gasteiger partial charge in [0, 0.05) is 17.5 Å². The molecule has 3 aromatic rings. The number of fused-ring (bicyclic) bond motifs is 1. The Hall–Kier alpha value is -2.38. The standard InChI is InChI=1S/C17H15N3O2S2/c1-10-3-6-12(7-4-10)15(21)24-20-16(22)19-17-18-13-8-5-11(2)9-14(13)23-17/h3-9H,1-2H3,(H2,18,19,20,22). The van der Waals surface area contributed by atoms with Crippen LogP contribution in [-0.4, -0.2) is 16.1 Å². The number of urea groups is 1. The third-order valence-electron chi connectivity index (χ3n) is 3.29. The van der Waals surface area contributed by atoms with Gasteiger partial charge >= 0.3 is 6.03 Å². The van der Waals surface area contributed by atoms with E-state index >= 15 is 0 Å². The Morgan fingerprint density at radius 3 is 2.50 bits per heavy atom. The monoisotopic (exact) mass is 357 g/mol. The van der Waals surface area contributed by atoms with E-state index in [1.54, 1.807) is 12.1 Å². The van der Waals surface area contributed by atoms with Gasteiger partial charge in [-0.25, -0.2) is 9.78 Å². The van der Waals surface area contributed by atoms with Crippen LogP contribution < -0.4 is 10.0 Å². The first-order valence-corrected chi connectivity index (χ1v) is 8.86. The zero-order valence-electron chi connectivity index (χ0n) is 13.1. The Labute approximate surface area is 147 Å². The van der Waals surface area contributed by atoms with Gasteiger partial charge in [0.15, 0.2) is 5.13 Å². The maximum atomic E-state index is 12.0. The Morgan fingerprint density at radius 1 is 1.04 bits per heavy atom. The van der Waals surface area contributed by atoms with Gasteiger partial charge in [0.1, 0.15) is 0 Å². The number of anilines is 1. The highest BCUT2D eigenvalue weighted by molar-refractivity contribution is 8.12. The third-order valence-corrected chi connectivity index (χ3v) is 4.93. The summed E-state index contributed by atoms with van der Waals surface area (Å²) in [5.41, 5.74) is 3.60. The maximum absolute atomic E-state index is 12.0. The third kappa shape index (κ3) is 3.93. The molecule has 0 saturated carbocycles. The molecule has 7 heteroatoms. The molecule has 1 aromatic heterocycles. The van der Waals surface area contributed by atoms with E-state index in [1.165, 1.54) is 11.3 Å². The van der Waals surface area contributed by atoms with Gasteiger partial charge in [-0.3, -0.25) is 14.8 Å². The van der Waals surface area contributed by atoms with Crippen molar-refractivity contribution in [2.45, 2.75) is 13.8 Å². The van der Waals surface area contributed by atoms with Crippen LogP contribution in [0.5, 0.6) is 0 Å². The van der Waals surface area contributed by atoms with Crippen molar-refractivity contribution in [1.29, 1.82) is 0 Å². The first kappa shape index (κ1) is 16.5. The number of thiazole rings is 1. The molecule has 2 amide bonds. The van der Waals surface area contributed by atoms with E-state index in [9.17, 15) is 9.59 Å². The van der Waals surface area contributed by atoms with Gasteiger partial charge in [0.05, 0.1) is 10.2 Å². The van der Waals surface area contributed by atoms with E-state index in [0.29, 0.717) is 10.7 Å². The van der Waals surface area contributed by atoms with E-state index in [4.69, 9.17) is 0 Å². The summed E-state index contributed by atoms with van der Waals surface area (Å²) in [6, 6.07) is 12.6. The Morgan fingerprint density at radius 2 is 1.75 bits per heavy atom. The average molecular weight is 357 g/mol. The zero-order chi connectivity index (χ0) is 17.1. The predicted octanol–water partition coefficient (Wildman–Crippen LogP) is 4.52. The van der Waals surface area contributed by atoms with E-state index < -0.39 is 6.03 Å². The molecule has 3 rings (SSSR count). The number of aromatic nitrogens is 1. The van der Waals surface area contributed by atoms with Crippen LogP contribution in [0.3, 0.4) is 0 Å². The Bertz CT molecular complexity index is 904. The molecule has 0 bridgehead atoms. The number of hydrogen-bond acceptors (Lipinski definition) is 5. The average Bonchev–Trinajstić information content (AvgIpc) is 2.94. The molecule has 0 aliphatic heterocycles. The summed E-state index contributed by atoms with van der Waals surface area (Å²) in [5, 5.41) is 2.93. The lowest BCUT2D eigenvalue weighted by atomic mass is 10.2. The summed E-state index contributed by atoms with van der Waals surface area (Å²) in [7, 11) is 0. The lowest BCUT2D eigenvalue weighted by Crippen LogP contribution is -2.24. The van der Waals surface area contributed by atoms with Crippen LogP contribution in [0.25, 0.3) is 10.2 Å². The summed E-state index contributed by atoms with van der Waals surface area (Å²) in [6.45, 7) is 3.96. The van der Waals surface area contributed by atoms with Gasteiger partial charge < -0.3 is 0 Å². The summed E-state index contributed by atoms with van der Waals surface area (Å²) in [5.74, 6) is 0. The highest BCUT2D eigenvalue weighted by Crippen LogP contribution is 2.26. The number of carbonyl (C=O) groups excluding carboxylic acids is 2. The van der Waals surface area contributed by atoms with Gasteiger partial charge in [0.2, 0.25) is 5.12 Å². The topological polar surface area (TPSA) is 71.1 Å². The van der Waals surface area contributed by atoms with E-state index in [2.05, 4.69) is 15.0 Å². The predicted molar refractivity (Wildman–Crippen MR) is 99.6 cm³/mol. The number of aryl methyl sites for hydroxylation is 2. The largest absolute Gasteiger partial charge is 0.331 e. The van der Waals surface area contributed by atoms with Gasteiger partial charge in [-0.1, -0.05) is 47.2 Å². The second-order valence-corrected chi connectivity index (χ2v) is 7.11. The van der Waals surface area contributed by atoms with Crippen molar-refractivity contribution in [1.82, 2.24) is 9.71 Å². The van der Waals surface area contributed by atoms with E-state index in [0.717, 1.165) is 33.3 Å². The molecule has 0 aliphatic rings. The van der Waals surface area contributed by atoms with Crippen LogP contribution in [0.4, 0.5) is 9.93 Å². The molecular formula is C17H15N3O2S2. The minimum absolute atomic E-state index is 0.218. The number of carbonyl (C=O) groups is 2. The fraction of sp³-hybridized carbons (Fsp3) is 0.118. The van der Waals surface area contributed by atoms with Crippen molar-refractivity contribution < 1.29 is 9.59 Å². The first-order valence-electron chi connectivity index (χ1n) is 7.23. The van der Waals surface area contributed by atoms with Crippen molar-refractivity contribution >= 4 is 49.8 Å². The minimum atomic E-state index is -0.476. The lowest BCUT2D eigenvalue weighted by molar-refractivity contribution is 0.108. The Kier molecular flexibility index (Phi) is 4.82. The van der Waals surface area contributed by atoms with Crippen LogP contribution in [0.2, 0.25) is 0 Å². The second-order valence-electron chi connectivity index (χ2n) is 5.30.